The van der Waals surface area contributed by atoms with Crippen molar-refractivity contribution in [3.05, 3.63) is 87.6 Å². The molecule has 1 N–H and O–H groups in total. The number of carbonyl (C=O) groups is 1. The van der Waals surface area contributed by atoms with Crippen LogP contribution in [0.25, 0.3) is 0 Å². The summed E-state index contributed by atoms with van der Waals surface area (Å²) in [4.78, 5) is 12.8. The largest absolute Gasteiger partial charge is 0.319 e. The Labute approximate surface area is 182 Å². The van der Waals surface area contributed by atoms with Crippen LogP contribution in [0.4, 0.5) is 15.8 Å². The maximum Gasteiger partial charge on any atom is 0.264 e. The van der Waals surface area contributed by atoms with E-state index in [-0.39, 0.29) is 10.6 Å². The van der Waals surface area contributed by atoms with E-state index in [2.05, 4.69) is 21.2 Å². The summed E-state index contributed by atoms with van der Waals surface area (Å²) < 4.78 is 42.0. The van der Waals surface area contributed by atoms with Crippen LogP contribution in [0.3, 0.4) is 0 Å². The summed E-state index contributed by atoms with van der Waals surface area (Å²) in [7, 11) is -3.68. The van der Waals surface area contributed by atoms with Crippen molar-refractivity contribution in [1.29, 1.82) is 0 Å². The van der Waals surface area contributed by atoms with Crippen LogP contribution in [0.15, 0.2) is 70.0 Å². The molecule has 0 atom stereocenters. The maximum absolute atomic E-state index is 14.0. The topological polar surface area (TPSA) is 66.5 Å². The van der Waals surface area contributed by atoms with Gasteiger partial charge in [-0.2, -0.15) is 0 Å². The van der Waals surface area contributed by atoms with Gasteiger partial charge in [0.1, 0.15) is 5.82 Å². The molecule has 30 heavy (non-hydrogen) atoms. The molecule has 0 saturated carbocycles. The van der Waals surface area contributed by atoms with Gasteiger partial charge < -0.3 is 5.32 Å². The molecule has 1 aliphatic rings. The first-order valence-corrected chi connectivity index (χ1v) is 11.5. The van der Waals surface area contributed by atoms with Gasteiger partial charge in [-0.25, -0.2) is 12.8 Å². The highest BCUT2D eigenvalue weighted by atomic mass is 79.9. The van der Waals surface area contributed by atoms with Crippen LogP contribution < -0.4 is 9.62 Å². The zero-order valence-corrected chi connectivity index (χ0v) is 18.4. The third-order valence-electron chi connectivity index (χ3n) is 4.98. The minimum atomic E-state index is -3.68. The summed E-state index contributed by atoms with van der Waals surface area (Å²) in [5.74, 6) is -1.01. The molecule has 154 valence electrons. The number of hydrogen-bond donors (Lipinski definition) is 1. The predicted octanol–water partition coefficient (Wildman–Crippen LogP) is 4.90. The standard InChI is InChI=1S/C22H18BrFN2O3S/c1-14-2-6-18(7-3-14)30(28,29)26-11-10-15-12-16(4-9-21(15)26)22(27)25-20-8-5-17(23)13-19(20)24/h2-9,12-13H,10-11H2,1H3,(H,25,27). The Hall–Kier alpha value is -2.71. The Balaban J connectivity index is 1.59. The average molecular weight is 489 g/mol. The van der Waals surface area contributed by atoms with E-state index in [1.807, 2.05) is 6.92 Å². The summed E-state index contributed by atoms with van der Waals surface area (Å²) in [5, 5.41) is 2.55. The van der Waals surface area contributed by atoms with Gasteiger partial charge in [-0.15, -0.1) is 0 Å². The second-order valence-electron chi connectivity index (χ2n) is 7.06. The second-order valence-corrected chi connectivity index (χ2v) is 9.84. The van der Waals surface area contributed by atoms with Crippen LogP contribution in [0.5, 0.6) is 0 Å². The number of hydrogen-bond acceptors (Lipinski definition) is 3. The molecule has 4 rings (SSSR count). The molecule has 0 fully saturated rings. The number of benzene rings is 3. The number of amides is 1. The van der Waals surface area contributed by atoms with Crippen molar-refractivity contribution in [1.82, 2.24) is 0 Å². The fourth-order valence-corrected chi connectivity index (χ4v) is 5.22. The Kier molecular flexibility index (Phi) is 5.38. The summed E-state index contributed by atoms with van der Waals surface area (Å²) in [6.45, 7) is 2.20. The van der Waals surface area contributed by atoms with Crippen LogP contribution >= 0.6 is 15.9 Å². The number of nitrogens with zero attached hydrogens (tertiary/aromatic N) is 1. The Bertz CT molecular complexity index is 1240. The number of fused-ring (bicyclic) bond motifs is 1. The number of rotatable bonds is 4. The predicted molar refractivity (Wildman–Crippen MR) is 118 cm³/mol. The van der Waals surface area contributed by atoms with E-state index < -0.39 is 21.7 Å². The number of sulfonamides is 1. The lowest BCUT2D eigenvalue weighted by Gasteiger charge is -2.20. The molecule has 1 amide bonds. The molecule has 5 nitrogen and oxygen atoms in total. The van der Waals surface area contributed by atoms with E-state index in [9.17, 15) is 17.6 Å². The average Bonchev–Trinajstić information content (AvgIpc) is 3.14. The summed E-state index contributed by atoms with van der Waals surface area (Å²) >= 11 is 3.18. The Morgan fingerprint density at radius 3 is 2.50 bits per heavy atom. The first-order chi connectivity index (χ1) is 14.3. The molecule has 0 aliphatic carbocycles. The van der Waals surface area contributed by atoms with E-state index in [1.165, 1.54) is 16.4 Å². The quantitative estimate of drug-likeness (QED) is 0.567. The zero-order chi connectivity index (χ0) is 21.5. The molecule has 0 bridgehead atoms. The van der Waals surface area contributed by atoms with Crippen molar-refractivity contribution < 1.29 is 17.6 Å². The molecule has 0 aromatic heterocycles. The van der Waals surface area contributed by atoms with Crippen LogP contribution in [0, 0.1) is 12.7 Å². The van der Waals surface area contributed by atoms with Gasteiger partial charge in [0.25, 0.3) is 15.9 Å². The lowest BCUT2D eigenvalue weighted by molar-refractivity contribution is 0.102. The van der Waals surface area contributed by atoms with Crippen molar-refractivity contribution in [3.63, 3.8) is 0 Å². The van der Waals surface area contributed by atoms with E-state index in [0.717, 1.165) is 11.1 Å². The van der Waals surface area contributed by atoms with Gasteiger partial charge >= 0.3 is 0 Å². The molecule has 3 aromatic rings. The molecule has 8 heteroatoms. The minimum Gasteiger partial charge on any atom is -0.319 e. The van der Waals surface area contributed by atoms with Gasteiger partial charge in [-0.05, 0) is 67.4 Å². The monoisotopic (exact) mass is 488 g/mol. The van der Waals surface area contributed by atoms with Crippen LogP contribution in [0.2, 0.25) is 0 Å². The van der Waals surface area contributed by atoms with E-state index in [0.29, 0.717) is 28.7 Å². The minimum absolute atomic E-state index is 0.0762. The first-order valence-electron chi connectivity index (χ1n) is 9.24. The molecular weight excluding hydrogens is 471 g/mol. The van der Waals surface area contributed by atoms with Crippen molar-refractivity contribution in [2.24, 2.45) is 0 Å². The number of nitrogens with one attached hydrogen (secondary N) is 1. The third-order valence-corrected chi connectivity index (χ3v) is 7.30. The van der Waals surface area contributed by atoms with E-state index in [1.54, 1.807) is 48.5 Å². The third kappa shape index (κ3) is 3.85. The Morgan fingerprint density at radius 1 is 1.07 bits per heavy atom. The zero-order valence-electron chi connectivity index (χ0n) is 16.0. The van der Waals surface area contributed by atoms with Gasteiger partial charge in [0.2, 0.25) is 0 Å². The summed E-state index contributed by atoms with van der Waals surface area (Å²) in [6.07, 6.45) is 0.494. The SMILES string of the molecule is Cc1ccc(S(=O)(=O)N2CCc3cc(C(=O)Nc4ccc(Br)cc4F)ccc32)cc1. The van der Waals surface area contributed by atoms with Crippen molar-refractivity contribution in [2.45, 2.75) is 18.2 Å². The molecule has 1 aliphatic heterocycles. The van der Waals surface area contributed by atoms with Crippen LogP contribution in [-0.4, -0.2) is 20.9 Å². The summed E-state index contributed by atoms with van der Waals surface area (Å²) in [6, 6.07) is 15.9. The normalized spacial score (nSPS) is 13.2. The van der Waals surface area contributed by atoms with Gasteiger partial charge in [0.05, 0.1) is 16.3 Å². The lowest BCUT2D eigenvalue weighted by atomic mass is 10.1. The van der Waals surface area contributed by atoms with Crippen molar-refractivity contribution in [3.8, 4) is 0 Å². The van der Waals surface area contributed by atoms with Gasteiger partial charge in [-0.1, -0.05) is 33.6 Å². The first kappa shape index (κ1) is 20.6. The van der Waals surface area contributed by atoms with Gasteiger partial charge in [0.15, 0.2) is 0 Å². The fraction of sp³-hybridized carbons (Fsp3) is 0.136. The molecule has 0 saturated heterocycles. The van der Waals surface area contributed by atoms with Gasteiger partial charge in [0, 0.05) is 16.6 Å². The number of halogens is 2. The van der Waals surface area contributed by atoms with E-state index in [4.69, 9.17) is 0 Å². The fourth-order valence-electron chi connectivity index (χ4n) is 3.39. The highest BCUT2D eigenvalue weighted by Crippen LogP contribution is 2.34. The smallest absolute Gasteiger partial charge is 0.264 e. The molecular formula is C22H18BrFN2O3S. The molecule has 1 heterocycles. The van der Waals surface area contributed by atoms with E-state index >= 15 is 0 Å². The number of carbonyl (C=O) groups excluding carboxylic acids is 1. The highest BCUT2D eigenvalue weighted by molar-refractivity contribution is 9.10. The number of anilines is 2. The van der Waals surface area contributed by atoms with Gasteiger partial charge in [-0.3, -0.25) is 9.10 Å². The van der Waals surface area contributed by atoms with Crippen LogP contribution in [-0.2, 0) is 16.4 Å². The molecule has 0 radical (unpaired) electrons. The Morgan fingerprint density at radius 2 is 1.80 bits per heavy atom. The van der Waals surface area contributed by atoms with Crippen molar-refractivity contribution in [2.75, 3.05) is 16.2 Å². The maximum atomic E-state index is 14.0. The molecule has 0 unspecified atom stereocenters. The van der Waals surface area contributed by atoms with Crippen LogP contribution in [0.1, 0.15) is 21.5 Å². The molecule has 0 spiro atoms. The summed E-state index contributed by atoms with van der Waals surface area (Å²) in [5.41, 5.74) is 2.71. The lowest BCUT2D eigenvalue weighted by Crippen LogP contribution is -2.29. The highest BCUT2D eigenvalue weighted by Gasteiger charge is 2.31. The number of aryl methyl sites for hydroxylation is 1. The van der Waals surface area contributed by atoms with Crippen molar-refractivity contribution >= 4 is 43.2 Å². The second kappa shape index (κ2) is 7.85. The molecule has 3 aromatic carbocycles.